The van der Waals surface area contributed by atoms with Gasteiger partial charge in [-0.15, -0.1) is 0 Å². The van der Waals surface area contributed by atoms with E-state index in [2.05, 4.69) is 45.3 Å². The van der Waals surface area contributed by atoms with Crippen LogP contribution in [0.2, 0.25) is 0 Å². The third-order valence-corrected chi connectivity index (χ3v) is 3.28. The molecule has 0 atom stereocenters. The average molecular weight is 251 g/mol. The fourth-order valence-corrected chi connectivity index (χ4v) is 2.42. The van der Waals surface area contributed by atoms with Gasteiger partial charge in [0.25, 0.3) is 0 Å². The van der Waals surface area contributed by atoms with Crippen LogP contribution in [0.15, 0.2) is 36.4 Å². The van der Waals surface area contributed by atoms with E-state index >= 15 is 0 Å². The van der Waals surface area contributed by atoms with Crippen LogP contribution in [-0.4, -0.2) is 15.0 Å². The number of benzene rings is 1. The van der Waals surface area contributed by atoms with Crippen molar-refractivity contribution in [2.75, 3.05) is 0 Å². The Morgan fingerprint density at radius 2 is 1.79 bits per heavy atom. The summed E-state index contributed by atoms with van der Waals surface area (Å²) >= 11 is 0. The Morgan fingerprint density at radius 3 is 2.58 bits per heavy atom. The number of rotatable bonds is 3. The minimum Gasteiger partial charge on any atom is -0.342 e. The second kappa shape index (κ2) is 4.84. The van der Waals surface area contributed by atoms with E-state index in [0.29, 0.717) is 0 Å². The van der Waals surface area contributed by atoms with E-state index in [-0.39, 0.29) is 0 Å². The lowest BCUT2D eigenvalue weighted by Crippen LogP contribution is -1.97. The number of hydrogen-bond donors (Lipinski definition) is 1. The fraction of sp³-hybridized carbons (Fsp3) is 0.250. The smallest absolute Gasteiger partial charge is 0.110 e. The molecule has 2 heterocycles. The van der Waals surface area contributed by atoms with Crippen LogP contribution >= 0.6 is 0 Å². The van der Waals surface area contributed by atoms with Crippen molar-refractivity contribution < 1.29 is 0 Å². The Hall–Kier alpha value is -2.16. The zero-order valence-corrected chi connectivity index (χ0v) is 11.3. The van der Waals surface area contributed by atoms with Crippen molar-refractivity contribution in [2.45, 2.75) is 26.7 Å². The molecule has 0 fully saturated rings. The van der Waals surface area contributed by atoms with E-state index in [4.69, 9.17) is 0 Å². The first kappa shape index (κ1) is 11.9. The Bertz CT molecular complexity index is 699. The van der Waals surface area contributed by atoms with Crippen LogP contribution in [0, 0.1) is 13.8 Å². The summed E-state index contributed by atoms with van der Waals surface area (Å²) in [7, 11) is 0. The molecule has 3 nitrogen and oxygen atoms in total. The number of fused-ring (bicyclic) bond motifs is 1. The van der Waals surface area contributed by atoms with Crippen LogP contribution in [0.1, 0.15) is 22.8 Å². The largest absolute Gasteiger partial charge is 0.342 e. The monoisotopic (exact) mass is 251 g/mol. The van der Waals surface area contributed by atoms with Crippen molar-refractivity contribution in [1.29, 1.82) is 0 Å². The Morgan fingerprint density at radius 1 is 1.00 bits per heavy atom. The SMILES string of the molecule is Cc1cc2[nH]c(C)nc2c(CCc2ccccc2)n1. The first-order valence-electron chi connectivity index (χ1n) is 6.59. The number of hydrogen-bond acceptors (Lipinski definition) is 2. The summed E-state index contributed by atoms with van der Waals surface area (Å²) in [6.07, 6.45) is 1.92. The second-order valence-corrected chi connectivity index (χ2v) is 4.91. The molecule has 0 aliphatic rings. The molecule has 0 spiro atoms. The van der Waals surface area contributed by atoms with Crippen molar-refractivity contribution >= 4 is 11.0 Å². The lowest BCUT2D eigenvalue weighted by Gasteiger charge is -2.04. The maximum absolute atomic E-state index is 4.65. The summed E-state index contributed by atoms with van der Waals surface area (Å²) in [4.78, 5) is 12.5. The van der Waals surface area contributed by atoms with Gasteiger partial charge in [0.2, 0.25) is 0 Å². The molecule has 0 saturated heterocycles. The summed E-state index contributed by atoms with van der Waals surface area (Å²) in [5.74, 6) is 0.948. The molecule has 3 heteroatoms. The summed E-state index contributed by atoms with van der Waals surface area (Å²) in [6.45, 7) is 4.01. The Labute approximate surface area is 112 Å². The molecule has 0 amide bonds. The van der Waals surface area contributed by atoms with E-state index < -0.39 is 0 Å². The number of pyridine rings is 1. The molecule has 1 N–H and O–H groups in total. The van der Waals surface area contributed by atoms with Gasteiger partial charge in [0, 0.05) is 5.69 Å². The molecule has 0 radical (unpaired) electrons. The Balaban J connectivity index is 1.92. The quantitative estimate of drug-likeness (QED) is 0.775. The first-order chi connectivity index (χ1) is 9.22. The molecule has 3 rings (SSSR count). The number of aryl methyl sites for hydroxylation is 4. The molecule has 0 aliphatic carbocycles. The molecule has 2 aromatic heterocycles. The standard InChI is InChI=1S/C16H17N3/c1-11-10-15-16(19-12(2)18-15)14(17-11)9-8-13-6-4-3-5-7-13/h3-7,10H,8-9H2,1-2H3,(H,18,19). The highest BCUT2D eigenvalue weighted by atomic mass is 14.9. The van der Waals surface area contributed by atoms with Crippen molar-refractivity contribution in [3.8, 4) is 0 Å². The molecule has 1 aromatic carbocycles. The molecule has 0 bridgehead atoms. The summed E-state index contributed by atoms with van der Waals surface area (Å²) < 4.78 is 0. The predicted octanol–water partition coefficient (Wildman–Crippen LogP) is 3.36. The first-order valence-corrected chi connectivity index (χ1v) is 6.59. The van der Waals surface area contributed by atoms with Gasteiger partial charge < -0.3 is 4.98 Å². The van der Waals surface area contributed by atoms with Crippen LogP contribution in [0.4, 0.5) is 0 Å². The molecule has 0 unspecified atom stereocenters. The van der Waals surface area contributed by atoms with Crippen molar-refractivity contribution in [3.63, 3.8) is 0 Å². The molecule has 0 saturated carbocycles. The zero-order valence-electron chi connectivity index (χ0n) is 11.3. The van der Waals surface area contributed by atoms with Crippen LogP contribution in [-0.2, 0) is 12.8 Å². The molecule has 19 heavy (non-hydrogen) atoms. The number of aromatic nitrogens is 3. The summed E-state index contributed by atoms with van der Waals surface area (Å²) in [5, 5.41) is 0. The number of H-pyrrole nitrogens is 1. The number of aromatic amines is 1. The highest BCUT2D eigenvalue weighted by Gasteiger charge is 2.08. The molecule has 3 aromatic rings. The lowest BCUT2D eigenvalue weighted by molar-refractivity contribution is 0.912. The van der Waals surface area contributed by atoms with Gasteiger partial charge in [0.05, 0.1) is 11.2 Å². The third-order valence-electron chi connectivity index (χ3n) is 3.28. The third kappa shape index (κ3) is 2.50. The molecule has 96 valence electrons. The molecular weight excluding hydrogens is 234 g/mol. The number of nitrogens with zero attached hydrogens (tertiary/aromatic N) is 2. The minimum atomic E-state index is 0.923. The van der Waals surface area contributed by atoms with Gasteiger partial charge in [-0.05, 0) is 38.3 Å². The van der Waals surface area contributed by atoms with Crippen molar-refractivity contribution in [2.24, 2.45) is 0 Å². The van der Waals surface area contributed by atoms with E-state index in [0.717, 1.165) is 41.1 Å². The van der Waals surface area contributed by atoms with Crippen LogP contribution in [0.25, 0.3) is 11.0 Å². The predicted molar refractivity (Wildman–Crippen MR) is 77.2 cm³/mol. The highest BCUT2D eigenvalue weighted by Crippen LogP contribution is 2.18. The van der Waals surface area contributed by atoms with Gasteiger partial charge in [0.15, 0.2) is 0 Å². The van der Waals surface area contributed by atoms with Crippen LogP contribution < -0.4 is 0 Å². The Kier molecular flexibility index (Phi) is 3.03. The van der Waals surface area contributed by atoms with Crippen LogP contribution in [0.3, 0.4) is 0 Å². The van der Waals surface area contributed by atoms with E-state index in [1.165, 1.54) is 5.56 Å². The minimum absolute atomic E-state index is 0.923. The maximum Gasteiger partial charge on any atom is 0.110 e. The normalized spacial score (nSPS) is 11.1. The van der Waals surface area contributed by atoms with Crippen LogP contribution in [0.5, 0.6) is 0 Å². The van der Waals surface area contributed by atoms with Crippen molar-refractivity contribution in [3.05, 3.63) is 59.2 Å². The molecule has 0 aliphatic heterocycles. The van der Waals surface area contributed by atoms with Gasteiger partial charge in [-0.3, -0.25) is 4.98 Å². The second-order valence-electron chi connectivity index (χ2n) is 4.91. The van der Waals surface area contributed by atoms with E-state index in [1.54, 1.807) is 0 Å². The van der Waals surface area contributed by atoms with Gasteiger partial charge in [-0.25, -0.2) is 4.98 Å². The van der Waals surface area contributed by atoms with Gasteiger partial charge >= 0.3 is 0 Å². The topological polar surface area (TPSA) is 41.6 Å². The zero-order chi connectivity index (χ0) is 13.2. The number of imidazole rings is 1. The number of nitrogens with one attached hydrogen (secondary N) is 1. The average Bonchev–Trinajstić information content (AvgIpc) is 2.77. The van der Waals surface area contributed by atoms with Gasteiger partial charge in [0.1, 0.15) is 11.3 Å². The molecular formula is C16H17N3. The van der Waals surface area contributed by atoms with E-state index in [9.17, 15) is 0 Å². The summed E-state index contributed by atoms with van der Waals surface area (Å²) in [5.41, 5.74) is 5.57. The fourth-order valence-electron chi connectivity index (χ4n) is 2.42. The van der Waals surface area contributed by atoms with Gasteiger partial charge in [-0.1, -0.05) is 30.3 Å². The van der Waals surface area contributed by atoms with Crippen molar-refractivity contribution in [1.82, 2.24) is 15.0 Å². The highest BCUT2D eigenvalue weighted by molar-refractivity contribution is 5.77. The van der Waals surface area contributed by atoms with E-state index in [1.807, 2.05) is 19.9 Å². The van der Waals surface area contributed by atoms with Gasteiger partial charge in [-0.2, -0.15) is 0 Å². The maximum atomic E-state index is 4.65. The lowest BCUT2D eigenvalue weighted by atomic mass is 10.1. The summed E-state index contributed by atoms with van der Waals surface area (Å²) in [6, 6.07) is 12.6.